The Labute approximate surface area is 179 Å². The van der Waals surface area contributed by atoms with Gasteiger partial charge in [-0.15, -0.1) is 0 Å². The van der Waals surface area contributed by atoms with E-state index in [1.807, 2.05) is 12.1 Å². The van der Waals surface area contributed by atoms with Crippen LogP contribution in [0.3, 0.4) is 0 Å². The van der Waals surface area contributed by atoms with E-state index in [9.17, 15) is 18.4 Å². The Hall–Kier alpha value is -2.84. The lowest BCUT2D eigenvalue weighted by Crippen LogP contribution is -2.35. The molecule has 1 atom stereocenters. The van der Waals surface area contributed by atoms with Crippen LogP contribution in [0.2, 0.25) is 0 Å². The minimum atomic E-state index is -0.813. The first kappa shape index (κ1) is 21.4. The summed E-state index contributed by atoms with van der Waals surface area (Å²) in [6.07, 6.45) is -0.000277. The summed E-state index contributed by atoms with van der Waals surface area (Å²) in [5.74, 6) is -2.70. The van der Waals surface area contributed by atoms with E-state index >= 15 is 0 Å². The molecular weight excluding hydrogens is 404 g/mol. The van der Waals surface area contributed by atoms with Crippen molar-refractivity contribution in [1.29, 1.82) is 0 Å². The number of carbonyl (C=O) groups is 2. The molecule has 2 aromatic carbocycles. The predicted octanol–water partition coefficient (Wildman–Crippen LogP) is 2.47. The van der Waals surface area contributed by atoms with E-state index in [2.05, 4.69) is 22.3 Å². The number of morpholine rings is 1. The molecule has 164 valence electrons. The molecule has 2 saturated heterocycles. The number of hydrogen-bond acceptors (Lipinski definition) is 4. The molecule has 0 spiro atoms. The van der Waals surface area contributed by atoms with E-state index in [0.29, 0.717) is 6.54 Å². The molecule has 2 aromatic rings. The van der Waals surface area contributed by atoms with Crippen molar-refractivity contribution in [3.8, 4) is 0 Å². The minimum absolute atomic E-state index is 0.000277. The van der Waals surface area contributed by atoms with Crippen LogP contribution < -0.4 is 10.2 Å². The van der Waals surface area contributed by atoms with Gasteiger partial charge in [0.1, 0.15) is 11.6 Å². The first-order valence-corrected chi connectivity index (χ1v) is 10.4. The van der Waals surface area contributed by atoms with Crippen molar-refractivity contribution >= 4 is 17.5 Å². The van der Waals surface area contributed by atoms with Crippen LogP contribution in [0.4, 0.5) is 14.5 Å². The lowest BCUT2D eigenvalue weighted by Gasteiger charge is -2.26. The molecule has 2 fully saturated rings. The lowest BCUT2D eigenvalue weighted by molar-refractivity contribution is -0.126. The number of halogens is 2. The molecule has 2 aliphatic rings. The van der Waals surface area contributed by atoms with Gasteiger partial charge < -0.3 is 15.0 Å². The molecule has 0 saturated carbocycles. The van der Waals surface area contributed by atoms with Crippen LogP contribution in [0.1, 0.15) is 17.5 Å². The van der Waals surface area contributed by atoms with Gasteiger partial charge in [0.15, 0.2) is 0 Å². The average Bonchev–Trinajstić information content (AvgIpc) is 3.14. The molecule has 0 aromatic heterocycles. The number of amides is 2. The minimum Gasteiger partial charge on any atom is -0.379 e. The van der Waals surface area contributed by atoms with E-state index < -0.39 is 17.6 Å². The Balaban J connectivity index is 1.33. The maximum atomic E-state index is 14.0. The highest BCUT2D eigenvalue weighted by atomic mass is 19.1. The largest absolute Gasteiger partial charge is 0.379 e. The van der Waals surface area contributed by atoms with Gasteiger partial charge in [0, 0.05) is 45.2 Å². The van der Waals surface area contributed by atoms with Crippen molar-refractivity contribution in [2.24, 2.45) is 5.92 Å². The van der Waals surface area contributed by atoms with Gasteiger partial charge in [0.2, 0.25) is 11.8 Å². The van der Waals surface area contributed by atoms with Gasteiger partial charge in [0.25, 0.3) is 0 Å². The second-order valence-electron chi connectivity index (χ2n) is 7.93. The van der Waals surface area contributed by atoms with Crippen molar-refractivity contribution in [3.05, 3.63) is 65.2 Å². The van der Waals surface area contributed by atoms with Gasteiger partial charge in [-0.05, 0) is 23.3 Å². The van der Waals surface area contributed by atoms with Crippen LogP contribution in [-0.2, 0) is 27.4 Å². The molecule has 0 bridgehead atoms. The van der Waals surface area contributed by atoms with Gasteiger partial charge >= 0.3 is 0 Å². The highest BCUT2D eigenvalue weighted by molar-refractivity contribution is 6.00. The molecule has 1 N–H and O–H groups in total. The third kappa shape index (κ3) is 5.26. The first-order chi connectivity index (χ1) is 15.0. The standard InChI is InChI=1S/C23H25F2N3O3/c24-19-4-5-21(20(25)12-19)28-15-18(11-22(28)29)23(30)26-13-16-2-1-3-17(10-16)14-27-6-8-31-9-7-27/h1-5,10,12,18H,6-9,11,13-15H2,(H,26,30). The molecule has 2 heterocycles. The maximum Gasteiger partial charge on any atom is 0.227 e. The highest BCUT2D eigenvalue weighted by Gasteiger charge is 2.36. The predicted molar refractivity (Wildman–Crippen MR) is 111 cm³/mol. The van der Waals surface area contributed by atoms with Crippen LogP contribution in [-0.4, -0.2) is 49.6 Å². The average molecular weight is 429 g/mol. The van der Waals surface area contributed by atoms with Crippen molar-refractivity contribution < 1.29 is 23.1 Å². The van der Waals surface area contributed by atoms with Crippen LogP contribution >= 0.6 is 0 Å². The Morgan fingerprint density at radius 2 is 1.87 bits per heavy atom. The van der Waals surface area contributed by atoms with E-state index in [0.717, 1.165) is 50.5 Å². The summed E-state index contributed by atoms with van der Waals surface area (Å²) in [6, 6.07) is 11.1. The third-order valence-electron chi connectivity index (χ3n) is 5.66. The summed E-state index contributed by atoms with van der Waals surface area (Å²) in [6.45, 7) is 4.56. The zero-order valence-corrected chi connectivity index (χ0v) is 17.2. The third-order valence-corrected chi connectivity index (χ3v) is 5.66. The molecule has 0 aliphatic carbocycles. The fraction of sp³-hybridized carbons (Fsp3) is 0.391. The second kappa shape index (κ2) is 9.53. The van der Waals surface area contributed by atoms with Gasteiger partial charge in [0.05, 0.1) is 24.8 Å². The monoisotopic (exact) mass is 429 g/mol. The van der Waals surface area contributed by atoms with Crippen molar-refractivity contribution in [2.45, 2.75) is 19.5 Å². The number of nitrogens with one attached hydrogen (secondary N) is 1. The van der Waals surface area contributed by atoms with Crippen LogP contribution in [0.15, 0.2) is 42.5 Å². The number of benzene rings is 2. The first-order valence-electron chi connectivity index (χ1n) is 10.4. The molecule has 0 radical (unpaired) electrons. The highest BCUT2D eigenvalue weighted by Crippen LogP contribution is 2.28. The Bertz CT molecular complexity index is 963. The fourth-order valence-corrected chi connectivity index (χ4v) is 4.01. The molecule has 8 heteroatoms. The molecule has 31 heavy (non-hydrogen) atoms. The number of carbonyl (C=O) groups excluding carboxylic acids is 2. The van der Waals surface area contributed by atoms with Crippen LogP contribution in [0.25, 0.3) is 0 Å². The van der Waals surface area contributed by atoms with E-state index in [4.69, 9.17) is 4.74 Å². The zero-order valence-electron chi connectivity index (χ0n) is 17.2. The smallest absolute Gasteiger partial charge is 0.227 e. The van der Waals surface area contributed by atoms with Gasteiger partial charge in [-0.1, -0.05) is 24.3 Å². The quantitative estimate of drug-likeness (QED) is 0.767. The second-order valence-corrected chi connectivity index (χ2v) is 7.93. The molecule has 4 rings (SSSR count). The van der Waals surface area contributed by atoms with E-state index in [1.54, 1.807) is 0 Å². The molecule has 2 aliphatic heterocycles. The summed E-state index contributed by atoms with van der Waals surface area (Å²) >= 11 is 0. The van der Waals surface area contributed by atoms with E-state index in [-0.39, 0.29) is 30.5 Å². The van der Waals surface area contributed by atoms with Gasteiger partial charge in [-0.3, -0.25) is 14.5 Å². The normalized spacial score (nSPS) is 19.6. The van der Waals surface area contributed by atoms with Crippen molar-refractivity contribution in [2.75, 3.05) is 37.7 Å². The molecule has 2 amide bonds. The SMILES string of the molecule is O=C(NCc1cccc(CN2CCOCC2)c1)C1CC(=O)N(c2ccc(F)cc2F)C1. The number of rotatable bonds is 6. The van der Waals surface area contributed by atoms with Crippen LogP contribution in [0, 0.1) is 17.6 Å². The maximum absolute atomic E-state index is 14.0. The Kier molecular flexibility index (Phi) is 6.58. The Morgan fingerprint density at radius 1 is 1.10 bits per heavy atom. The van der Waals surface area contributed by atoms with Gasteiger partial charge in [-0.2, -0.15) is 0 Å². The summed E-state index contributed by atoms with van der Waals surface area (Å²) in [5, 5.41) is 2.88. The number of nitrogens with zero attached hydrogens (tertiary/aromatic N) is 2. The molecular formula is C23H25F2N3O3. The summed E-state index contributed by atoms with van der Waals surface area (Å²) in [7, 11) is 0. The van der Waals surface area contributed by atoms with Crippen molar-refractivity contribution in [1.82, 2.24) is 10.2 Å². The number of anilines is 1. The van der Waals surface area contributed by atoms with E-state index in [1.165, 1.54) is 16.5 Å². The molecule has 6 nitrogen and oxygen atoms in total. The van der Waals surface area contributed by atoms with Crippen LogP contribution in [0.5, 0.6) is 0 Å². The summed E-state index contributed by atoms with van der Waals surface area (Å²) in [4.78, 5) is 28.5. The van der Waals surface area contributed by atoms with Crippen molar-refractivity contribution in [3.63, 3.8) is 0 Å². The number of hydrogen-bond donors (Lipinski definition) is 1. The Morgan fingerprint density at radius 3 is 2.65 bits per heavy atom. The summed E-state index contributed by atoms with van der Waals surface area (Å²) < 4.78 is 32.6. The van der Waals surface area contributed by atoms with Gasteiger partial charge in [-0.25, -0.2) is 8.78 Å². The summed E-state index contributed by atoms with van der Waals surface area (Å²) in [5.41, 5.74) is 2.14. The molecule has 1 unspecified atom stereocenters. The topological polar surface area (TPSA) is 61.9 Å². The zero-order chi connectivity index (χ0) is 21.8. The lowest BCUT2D eigenvalue weighted by atomic mass is 10.1. The fourth-order valence-electron chi connectivity index (χ4n) is 4.01. The number of ether oxygens (including phenoxy) is 1.